The van der Waals surface area contributed by atoms with Gasteiger partial charge in [0.05, 0.1) is 5.02 Å². The second-order valence-electron chi connectivity index (χ2n) is 5.24. The Labute approximate surface area is 133 Å². The molecular formula is C14H19BrClN3O. The van der Waals surface area contributed by atoms with E-state index in [0.717, 1.165) is 24.1 Å². The Morgan fingerprint density at radius 1 is 1.45 bits per heavy atom. The maximum Gasteiger partial charge on any atom is 0.251 e. The topological polar surface area (TPSA) is 35.6 Å². The van der Waals surface area contributed by atoms with Crippen LogP contribution < -0.4 is 5.32 Å². The number of hydrogen-bond acceptors (Lipinski definition) is 3. The molecule has 1 unspecified atom stereocenters. The Morgan fingerprint density at radius 3 is 2.90 bits per heavy atom. The molecule has 1 aliphatic heterocycles. The summed E-state index contributed by atoms with van der Waals surface area (Å²) in [6.07, 6.45) is 0. The summed E-state index contributed by atoms with van der Waals surface area (Å²) in [5.74, 6) is -0.0657. The molecule has 1 amide bonds. The Morgan fingerprint density at radius 2 is 2.20 bits per heavy atom. The molecule has 1 heterocycles. The van der Waals surface area contributed by atoms with Gasteiger partial charge in [-0.15, -0.1) is 0 Å². The molecule has 1 aromatic rings. The van der Waals surface area contributed by atoms with Crippen LogP contribution in [0, 0.1) is 0 Å². The van der Waals surface area contributed by atoms with Crippen LogP contribution in [0.4, 0.5) is 0 Å². The number of nitrogens with one attached hydrogen (secondary N) is 1. The summed E-state index contributed by atoms with van der Waals surface area (Å²) < 4.78 is 0.737. The Bertz CT molecular complexity index is 497. The van der Waals surface area contributed by atoms with Crippen molar-refractivity contribution < 1.29 is 4.79 Å². The molecule has 0 spiro atoms. The van der Waals surface area contributed by atoms with Crippen LogP contribution in [0.5, 0.6) is 0 Å². The van der Waals surface area contributed by atoms with E-state index in [1.165, 1.54) is 0 Å². The molecule has 0 aliphatic carbocycles. The third-order valence-electron chi connectivity index (χ3n) is 3.66. The highest BCUT2D eigenvalue weighted by molar-refractivity contribution is 9.10. The first kappa shape index (κ1) is 15.8. The smallest absolute Gasteiger partial charge is 0.251 e. The first-order valence-electron chi connectivity index (χ1n) is 6.59. The summed E-state index contributed by atoms with van der Waals surface area (Å²) >= 11 is 9.26. The number of nitrogens with zero attached hydrogens (tertiary/aromatic N) is 2. The van der Waals surface area contributed by atoms with Crippen LogP contribution in [0.2, 0.25) is 5.02 Å². The molecule has 0 aromatic heterocycles. The lowest BCUT2D eigenvalue weighted by Crippen LogP contribution is -2.54. The summed E-state index contributed by atoms with van der Waals surface area (Å²) in [6, 6.07) is 5.56. The standard InChI is InChI=1S/C14H19BrClN3O/c1-18-5-6-19(2)11(9-18)8-17-14(20)10-3-4-13(16)12(15)7-10/h3-4,7,11H,5-6,8-9H2,1-2H3,(H,17,20). The van der Waals surface area contributed by atoms with Crippen LogP contribution in [0.1, 0.15) is 10.4 Å². The molecule has 1 aromatic carbocycles. The minimum Gasteiger partial charge on any atom is -0.350 e. The number of amides is 1. The van der Waals surface area contributed by atoms with Crippen LogP contribution >= 0.6 is 27.5 Å². The summed E-state index contributed by atoms with van der Waals surface area (Å²) in [6.45, 7) is 3.73. The van der Waals surface area contributed by atoms with Gasteiger partial charge in [-0.25, -0.2) is 0 Å². The van der Waals surface area contributed by atoms with E-state index in [9.17, 15) is 4.79 Å². The van der Waals surface area contributed by atoms with Gasteiger partial charge < -0.3 is 10.2 Å². The summed E-state index contributed by atoms with van der Waals surface area (Å²) in [7, 11) is 4.21. The molecule has 0 radical (unpaired) electrons. The lowest BCUT2D eigenvalue weighted by atomic mass is 10.1. The van der Waals surface area contributed by atoms with E-state index in [2.05, 4.69) is 45.1 Å². The van der Waals surface area contributed by atoms with Crippen molar-refractivity contribution in [2.75, 3.05) is 40.3 Å². The Kier molecular flexibility index (Phi) is 5.43. The monoisotopic (exact) mass is 359 g/mol. The largest absolute Gasteiger partial charge is 0.350 e. The van der Waals surface area contributed by atoms with Crippen molar-refractivity contribution in [2.45, 2.75) is 6.04 Å². The molecule has 110 valence electrons. The molecule has 1 atom stereocenters. The van der Waals surface area contributed by atoms with Gasteiger partial charge in [0, 0.05) is 42.3 Å². The van der Waals surface area contributed by atoms with Crippen LogP contribution in [0.15, 0.2) is 22.7 Å². The zero-order valence-electron chi connectivity index (χ0n) is 11.7. The van der Waals surface area contributed by atoms with E-state index in [1.54, 1.807) is 18.2 Å². The second-order valence-corrected chi connectivity index (χ2v) is 6.50. The van der Waals surface area contributed by atoms with Crippen molar-refractivity contribution in [3.8, 4) is 0 Å². The average Bonchev–Trinajstić information content (AvgIpc) is 2.42. The Balaban J connectivity index is 1.92. The van der Waals surface area contributed by atoms with Crippen molar-refractivity contribution in [3.63, 3.8) is 0 Å². The number of hydrogen-bond donors (Lipinski definition) is 1. The predicted octanol–water partition coefficient (Wildman–Crippen LogP) is 2.08. The van der Waals surface area contributed by atoms with Crippen LogP contribution in [-0.2, 0) is 0 Å². The molecule has 0 saturated carbocycles. The number of carbonyl (C=O) groups is 1. The highest BCUT2D eigenvalue weighted by atomic mass is 79.9. The van der Waals surface area contributed by atoms with Crippen molar-refractivity contribution in [1.29, 1.82) is 0 Å². The molecule has 1 aliphatic rings. The molecule has 2 rings (SSSR count). The normalized spacial score (nSPS) is 20.9. The van der Waals surface area contributed by atoms with E-state index < -0.39 is 0 Å². The van der Waals surface area contributed by atoms with E-state index >= 15 is 0 Å². The van der Waals surface area contributed by atoms with Gasteiger partial charge in [0.2, 0.25) is 0 Å². The third-order valence-corrected chi connectivity index (χ3v) is 4.87. The van der Waals surface area contributed by atoms with E-state index in [1.807, 2.05) is 0 Å². The number of rotatable bonds is 3. The predicted molar refractivity (Wildman–Crippen MR) is 85.4 cm³/mol. The van der Waals surface area contributed by atoms with Crippen molar-refractivity contribution in [3.05, 3.63) is 33.3 Å². The van der Waals surface area contributed by atoms with Gasteiger partial charge >= 0.3 is 0 Å². The van der Waals surface area contributed by atoms with Crippen molar-refractivity contribution in [2.24, 2.45) is 0 Å². The van der Waals surface area contributed by atoms with Gasteiger partial charge in [0.15, 0.2) is 0 Å². The van der Waals surface area contributed by atoms with Crippen molar-refractivity contribution >= 4 is 33.4 Å². The van der Waals surface area contributed by atoms with Gasteiger partial charge in [-0.3, -0.25) is 9.69 Å². The fraction of sp³-hybridized carbons (Fsp3) is 0.500. The zero-order chi connectivity index (χ0) is 14.7. The number of carbonyl (C=O) groups excluding carboxylic acids is 1. The van der Waals surface area contributed by atoms with Gasteiger partial charge in [-0.1, -0.05) is 11.6 Å². The SMILES string of the molecule is CN1CCN(C)C(CNC(=O)c2ccc(Cl)c(Br)c2)C1. The molecule has 1 saturated heterocycles. The maximum atomic E-state index is 12.1. The molecule has 0 bridgehead atoms. The minimum atomic E-state index is -0.0657. The lowest BCUT2D eigenvalue weighted by molar-refractivity contribution is 0.0881. The summed E-state index contributed by atoms with van der Waals surface area (Å²) in [5, 5.41) is 3.60. The van der Waals surface area contributed by atoms with Crippen LogP contribution in [0.25, 0.3) is 0 Å². The molecule has 6 heteroatoms. The summed E-state index contributed by atoms with van der Waals surface area (Å²) in [5.41, 5.74) is 0.619. The third kappa shape index (κ3) is 3.95. The van der Waals surface area contributed by atoms with Crippen LogP contribution in [0.3, 0.4) is 0 Å². The first-order chi connectivity index (χ1) is 9.47. The quantitative estimate of drug-likeness (QED) is 0.896. The van der Waals surface area contributed by atoms with E-state index in [-0.39, 0.29) is 5.91 Å². The second kappa shape index (κ2) is 6.89. The molecule has 4 nitrogen and oxygen atoms in total. The number of halogens is 2. The molecular weight excluding hydrogens is 342 g/mol. The van der Waals surface area contributed by atoms with Gasteiger partial charge in [-0.2, -0.15) is 0 Å². The van der Waals surface area contributed by atoms with Gasteiger partial charge in [0.25, 0.3) is 5.91 Å². The maximum absolute atomic E-state index is 12.1. The number of piperazine rings is 1. The van der Waals surface area contributed by atoms with Gasteiger partial charge in [0.1, 0.15) is 0 Å². The molecule has 1 N–H and O–H groups in total. The van der Waals surface area contributed by atoms with Crippen molar-refractivity contribution in [1.82, 2.24) is 15.1 Å². The minimum absolute atomic E-state index is 0.0657. The molecule has 1 fully saturated rings. The lowest BCUT2D eigenvalue weighted by Gasteiger charge is -2.37. The average molecular weight is 361 g/mol. The number of benzene rings is 1. The number of likely N-dealkylation sites (N-methyl/N-ethyl adjacent to an activating group) is 2. The van der Waals surface area contributed by atoms with Crippen LogP contribution in [-0.4, -0.2) is 62.0 Å². The van der Waals surface area contributed by atoms with E-state index in [0.29, 0.717) is 23.2 Å². The van der Waals surface area contributed by atoms with E-state index in [4.69, 9.17) is 11.6 Å². The fourth-order valence-electron chi connectivity index (χ4n) is 2.27. The van der Waals surface area contributed by atoms with Gasteiger partial charge in [-0.05, 0) is 48.2 Å². The summed E-state index contributed by atoms with van der Waals surface area (Å²) in [4.78, 5) is 16.7. The highest BCUT2D eigenvalue weighted by Gasteiger charge is 2.22. The zero-order valence-corrected chi connectivity index (χ0v) is 14.0. The first-order valence-corrected chi connectivity index (χ1v) is 7.76. The highest BCUT2D eigenvalue weighted by Crippen LogP contribution is 2.23. The fourth-order valence-corrected chi connectivity index (χ4v) is 2.77. The Hall–Kier alpha value is -0.620. The molecule has 20 heavy (non-hydrogen) atoms.